The van der Waals surface area contributed by atoms with Crippen LogP contribution in [0, 0.1) is 0 Å². The average Bonchev–Trinajstić information content (AvgIpc) is 2.37. The third kappa shape index (κ3) is 3.46. The molecule has 1 aromatic rings. The van der Waals surface area contributed by atoms with Crippen LogP contribution in [-0.4, -0.2) is 24.2 Å². The summed E-state index contributed by atoms with van der Waals surface area (Å²) in [5, 5.41) is 12.4. The van der Waals surface area contributed by atoms with Crippen LogP contribution in [0.15, 0.2) is 24.3 Å². The van der Waals surface area contributed by atoms with Crippen LogP contribution in [0.2, 0.25) is 0 Å². The molecule has 0 radical (unpaired) electrons. The molecule has 17 heavy (non-hydrogen) atoms. The van der Waals surface area contributed by atoms with Crippen LogP contribution in [0.5, 0.6) is 5.75 Å². The zero-order chi connectivity index (χ0) is 12.8. The minimum atomic E-state index is -0.579. The summed E-state index contributed by atoms with van der Waals surface area (Å²) in [5.74, 6) is 0.365. The van der Waals surface area contributed by atoms with Crippen molar-refractivity contribution in [2.24, 2.45) is 0 Å². The summed E-state index contributed by atoms with van der Waals surface area (Å²) < 4.78 is 5.55. The average molecular weight is 237 g/mol. The molecule has 0 bridgehead atoms. The lowest BCUT2D eigenvalue weighted by Gasteiger charge is -2.18. The number of ether oxygens (including phenoxy) is 1. The van der Waals surface area contributed by atoms with Gasteiger partial charge in [0.15, 0.2) is 6.10 Å². The molecule has 0 fully saturated rings. The first-order valence-electron chi connectivity index (χ1n) is 5.75. The molecule has 4 heteroatoms. The zero-order valence-electron chi connectivity index (χ0n) is 10.4. The maximum Gasteiger partial charge on any atom is 0.260 e. The fourth-order valence-corrected chi connectivity index (χ4v) is 1.53. The normalized spacial score (nSPS) is 13.9. The number of hydrogen-bond acceptors (Lipinski definition) is 3. The number of para-hydroxylation sites is 1. The predicted octanol–water partition coefficient (Wildman–Crippen LogP) is 1.64. The topological polar surface area (TPSA) is 58.6 Å². The molecule has 2 N–H and O–H groups in total. The van der Waals surface area contributed by atoms with E-state index in [1.807, 2.05) is 19.1 Å². The zero-order valence-corrected chi connectivity index (χ0v) is 10.4. The van der Waals surface area contributed by atoms with Crippen LogP contribution in [0.3, 0.4) is 0 Å². The first-order valence-corrected chi connectivity index (χ1v) is 5.75. The molecule has 1 amide bonds. The van der Waals surface area contributed by atoms with Gasteiger partial charge in [0.05, 0.1) is 6.10 Å². The van der Waals surface area contributed by atoms with E-state index in [2.05, 4.69) is 5.32 Å². The quantitative estimate of drug-likeness (QED) is 0.818. The lowest BCUT2D eigenvalue weighted by atomic mass is 10.1. The maximum atomic E-state index is 11.4. The van der Waals surface area contributed by atoms with Crippen LogP contribution in [0.4, 0.5) is 0 Å². The maximum absolute atomic E-state index is 11.4. The lowest BCUT2D eigenvalue weighted by molar-refractivity contribution is -0.126. The van der Waals surface area contributed by atoms with Gasteiger partial charge in [0.1, 0.15) is 5.75 Å². The summed E-state index contributed by atoms with van der Waals surface area (Å²) in [6, 6.07) is 7.22. The van der Waals surface area contributed by atoms with Gasteiger partial charge in [-0.25, -0.2) is 0 Å². The van der Waals surface area contributed by atoms with Gasteiger partial charge < -0.3 is 15.2 Å². The number of carbonyl (C=O) groups is 1. The Morgan fingerprint density at radius 3 is 2.71 bits per heavy atom. The highest BCUT2D eigenvalue weighted by Crippen LogP contribution is 2.27. The predicted molar refractivity (Wildman–Crippen MR) is 65.8 cm³/mol. The molecule has 1 rings (SSSR count). The summed E-state index contributed by atoms with van der Waals surface area (Å²) in [5.41, 5.74) is 0.714. The minimum absolute atomic E-state index is 0.189. The summed E-state index contributed by atoms with van der Waals surface area (Å²) in [6.07, 6.45) is -0.539. The second-order valence-corrected chi connectivity index (χ2v) is 3.84. The Morgan fingerprint density at radius 1 is 1.47 bits per heavy atom. The number of aliphatic hydroxyl groups is 1. The first-order chi connectivity index (χ1) is 8.10. The van der Waals surface area contributed by atoms with Crippen molar-refractivity contribution in [1.29, 1.82) is 0 Å². The molecule has 2 atom stereocenters. The van der Waals surface area contributed by atoms with Crippen molar-refractivity contribution in [3.63, 3.8) is 0 Å². The Labute approximate surface area is 102 Å². The molecular weight excluding hydrogens is 218 g/mol. The van der Waals surface area contributed by atoms with Gasteiger partial charge in [-0.1, -0.05) is 25.1 Å². The van der Waals surface area contributed by atoms with Crippen LogP contribution >= 0.6 is 0 Å². The molecule has 0 aromatic heterocycles. The molecule has 0 spiro atoms. The second-order valence-electron chi connectivity index (χ2n) is 3.84. The van der Waals surface area contributed by atoms with Crippen LogP contribution in [0.1, 0.15) is 31.9 Å². The van der Waals surface area contributed by atoms with E-state index >= 15 is 0 Å². The molecular formula is C13H19NO3. The van der Waals surface area contributed by atoms with E-state index in [1.54, 1.807) is 26.1 Å². The standard InChI is InChI=1S/C13H19NO3/c1-4-11(15)10-7-5-6-8-12(10)17-9(2)13(16)14-3/h5-9,11,15H,4H2,1-3H3,(H,14,16). The number of hydrogen-bond donors (Lipinski definition) is 2. The van der Waals surface area contributed by atoms with E-state index in [0.29, 0.717) is 17.7 Å². The van der Waals surface area contributed by atoms with Gasteiger partial charge in [0.2, 0.25) is 0 Å². The van der Waals surface area contributed by atoms with Crippen molar-refractivity contribution in [1.82, 2.24) is 5.32 Å². The van der Waals surface area contributed by atoms with E-state index in [-0.39, 0.29) is 5.91 Å². The number of amides is 1. The molecule has 0 saturated carbocycles. The number of aliphatic hydroxyl groups excluding tert-OH is 1. The SMILES string of the molecule is CCC(O)c1ccccc1OC(C)C(=O)NC. The molecule has 4 nitrogen and oxygen atoms in total. The highest BCUT2D eigenvalue weighted by molar-refractivity contribution is 5.80. The molecule has 0 aliphatic carbocycles. The van der Waals surface area contributed by atoms with Gasteiger partial charge in [-0.2, -0.15) is 0 Å². The monoisotopic (exact) mass is 237 g/mol. The number of benzene rings is 1. The Kier molecular flexibility index (Phi) is 4.97. The molecule has 94 valence electrons. The summed E-state index contributed by atoms with van der Waals surface area (Å²) in [4.78, 5) is 11.4. The Hall–Kier alpha value is -1.55. The third-order valence-corrected chi connectivity index (χ3v) is 2.58. The van der Waals surface area contributed by atoms with E-state index in [4.69, 9.17) is 4.74 Å². The largest absolute Gasteiger partial charge is 0.481 e. The van der Waals surface area contributed by atoms with Crippen molar-refractivity contribution in [3.8, 4) is 5.75 Å². The van der Waals surface area contributed by atoms with Gasteiger partial charge in [0, 0.05) is 12.6 Å². The van der Waals surface area contributed by atoms with E-state index < -0.39 is 12.2 Å². The fourth-order valence-electron chi connectivity index (χ4n) is 1.53. The van der Waals surface area contributed by atoms with Crippen molar-refractivity contribution in [3.05, 3.63) is 29.8 Å². The minimum Gasteiger partial charge on any atom is -0.481 e. The number of carbonyl (C=O) groups excluding carboxylic acids is 1. The van der Waals surface area contributed by atoms with Crippen LogP contribution in [-0.2, 0) is 4.79 Å². The second kappa shape index (κ2) is 6.25. The van der Waals surface area contributed by atoms with Gasteiger partial charge in [-0.05, 0) is 19.4 Å². The summed E-state index contributed by atoms with van der Waals surface area (Å²) >= 11 is 0. The first kappa shape index (κ1) is 13.5. The van der Waals surface area contributed by atoms with Crippen molar-refractivity contribution < 1.29 is 14.6 Å². The molecule has 0 aliphatic rings. The number of likely N-dealkylation sites (N-methyl/N-ethyl adjacent to an activating group) is 1. The summed E-state index contributed by atoms with van der Waals surface area (Å²) in [6.45, 7) is 3.57. The fraction of sp³-hybridized carbons (Fsp3) is 0.462. The molecule has 1 aromatic carbocycles. The lowest BCUT2D eigenvalue weighted by Crippen LogP contribution is -2.34. The van der Waals surface area contributed by atoms with Gasteiger partial charge in [-0.15, -0.1) is 0 Å². The molecule has 2 unspecified atom stereocenters. The molecule has 0 aliphatic heterocycles. The van der Waals surface area contributed by atoms with Gasteiger partial charge in [0.25, 0.3) is 5.91 Å². The number of rotatable bonds is 5. The smallest absolute Gasteiger partial charge is 0.260 e. The van der Waals surface area contributed by atoms with Crippen molar-refractivity contribution >= 4 is 5.91 Å². The van der Waals surface area contributed by atoms with Gasteiger partial charge >= 0.3 is 0 Å². The molecule has 0 saturated heterocycles. The van der Waals surface area contributed by atoms with Gasteiger partial charge in [-0.3, -0.25) is 4.79 Å². The Morgan fingerprint density at radius 2 is 2.12 bits per heavy atom. The third-order valence-electron chi connectivity index (χ3n) is 2.58. The van der Waals surface area contributed by atoms with E-state index in [1.165, 1.54) is 0 Å². The van der Waals surface area contributed by atoms with Crippen LogP contribution in [0.25, 0.3) is 0 Å². The Bertz CT molecular complexity index is 379. The highest BCUT2D eigenvalue weighted by Gasteiger charge is 2.17. The van der Waals surface area contributed by atoms with E-state index in [0.717, 1.165) is 0 Å². The number of nitrogens with one attached hydrogen (secondary N) is 1. The van der Waals surface area contributed by atoms with Crippen molar-refractivity contribution in [2.75, 3.05) is 7.05 Å². The molecule has 0 heterocycles. The Balaban J connectivity index is 2.87. The highest BCUT2D eigenvalue weighted by atomic mass is 16.5. The summed E-state index contributed by atoms with van der Waals surface area (Å²) in [7, 11) is 1.56. The van der Waals surface area contributed by atoms with E-state index in [9.17, 15) is 9.90 Å². The van der Waals surface area contributed by atoms with Crippen LogP contribution < -0.4 is 10.1 Å². The van der Waals surface area contributed by atoms with Crippen molar-refractivity contribution in [2.45, 2.75) is 32.5 Å².